The van der Waals surface area contributed by atoms with Crippen molar-refractivity contribution < 1.29 is 43.1 Å². The van der Waals surface area contributed by atoms with E-state index in [0.29, 0.717) is 0 Å². The third kappa shape index (κ3) is 2.64. The molecule has 0 aromatic carbocycles. The van der Waals surface area contributed by atoms with Crippen LogP contribution in [0, 0.1) is 0 Å². The lowest BCUT2D eigenvalue weighted by molar-refractivity contribution is 0.295. The summed E-state index contributed by atoms with van der Waals surface area (Å²) in [5, 5.41) is 0. The fourth-order valence-corrected chi connectivity index (χ4v) is 6.90. The van der Waals surface area contributed by atoms with Gasteiger partial charge in [0.05, 0.1) is 0 Å². The van der Waals surface area contributed by atoms with Gasteiger partial charge in [0.2, 0.25) is 0 Å². The molecule has 0 unspecified atom stereocenters. The highest BCUT2D eigenvalue weighted by Gasteiger charge is 2.70. The van der Waals surface area contributed by atoms with Crippen LogP contribution in [0.5, 0.6) is 0 Å². The second kappa shape index (κ2) is 4.61. The van der Waals surface area contributed by atoms with E-state index in [1.807, 2.05) is 0 Å². The van der Waals surface area contributed by atoms with E-state index in [2.05, 4.69) is 0 Å². The van der Waals surface area contributed by atoms with Gasteiger partial charge in [0.25, 0.3) is 4.64 Å². The summed E-state index contributed by atoms with van der Waals surface area (Å²) in [6, 6.07) is 0. The third-order valence-corrected chi connectivity index (χ3v) is 10.1. The predicted molar refractivity (Wildman–Crippen MR) is 53.8 cm³/mol. The van der Waals surface area contributed by atoms with E-state index in [1.165, 1.54) is 6.92 Å². The third-order valence-electron chi connectivity index (χ3n) is 1.98. The number of rotatable bonds is 5. The molecule has 0 aliphatic rings. The first-order valence-electron chi connectivity index (χ1n) is 3.98. The maximum absolute atomic E-state index is 11.0. The normalized spacial score (nSPS) is 15.2. The van der Waals surface area contributed by atoms with Gasteiger partial charge in [0.1, 0.15) is 0 Å². The van der Waals surface area contributed by atoms with Crippen molar-refractivity contribution in [3.63, 3.8) is 0 Å². The van der Waals surface area contributed by atoms with Crippen molar-refractivity contribution in [2.24, 2.45) is 0 Å². The van der Waals surface area contributed by atoms with Crippen LogP contribution < -0.4 is 0 Å². The molecule has 16 heavy (non-hydrogen) atoms. The van der Waals surface area contributed by atoms with Crippen LogP contribution in [-0.4, -0.2) is 34.0 Å². The number of hydrogen-bond donors (Lipinski definition) is 6. The Morgan fingerprint density at radius 1 is 0.812 bits per heavy atom. The van der Waals surface area contributed by atoms with Crippen molar-refractivity contribution in [1.82, 2.24) is 0 Å². The van der Waals surface area contributed by atoms with E-state index in [0.717, 1.165) is 0 Å². The summed E-state index contributed by atoms with van der Waals surface area (Å²) in [5.41, 5.74) is 0. The zero-order valence-electron chi connectivity index (χ0n) is 8.16. The highest BCUT2D eigenvalue weighted by molar-refractivity contribution is 7.88. The lowest BCUT2D eigenvalue weighted by Crippen LogP contribution is -2.29. The van der Waals surface area contributed by atoms with Crippen molar-refractivity contribution in [1.29, 1.82) is 0 Å². The van der Waals surface area contributed by atoms with Gasteiger partial charge in [-0.25, -0.2) is 0 Å². The molecule has 0 bridgehead atoms. The number of hydrogen-bond acceptors (Lipinski definition) is 3. The summed E-state index contributed by atoms with van der Waals surface area (Å²) in [6.45, 7) is 1.29. The fourth-order valence-electron chi connectivity index (χ4n) is 1.28. The highest BCUT2D eigenvalue weighted by Crippen LogP contribution is 2.84. The molecule has 0 radical (unpaired) electrons. The van der Waals surface area contributed by atoms with Crippen LogP contribution in [0.25, 0.3) is 0 Å². The molecule has 12 heteroatoms. The van der Waals surface area contributed by atoms with Crippen molar-refractivity contribution in [3.05, 3.63) is 0 Å². The highest BCUT2D eigenvalue weighted by atomic mass is 31.3. The maximum Gasteiger partial charge on any atom is 0.356 e. The molecule has 98 valence electrons. The quantitative estimate of drug-likeness (QED) is 0.381. The van der Waals surface area contributed by atoms with Gasteiger partial charge in [0.15, 0.2) is 0 Å². The molecule has 0 amide bonds. The summed E-state index contributed by atoms with van der Waals surface area (Å²) < 4.78 is 29.5. The average molecular weight is 298 g/mol. The van der Waals surface area contributed by atoms with Crippen LogP contribution in [0.4, 0.5) is 0 Å². The van der Waals surface area contributed by atoms with Gasteiger partial charge in [-0.2, -0.15) is 0 Å². The minimum atomic E-state index is -5.69. The van der Waals surface area contributed by atoms with Crippen LogP contribution in [0.1, 0.15) is 19.8 Å². The van der Waals surface area contributed by atoms with Crippen LogP contribution in [0.2, 0.25) is 0 Å². The van der Waals surface area contributed by atoms with Crippen molar-refractivity contribution in [2.45, 2.75) is 24.4 Å². The van der Waals surface area contributed by atoms with Gasteiger partial charge in [-0.1, -0.05) is 13.3 Å². The summed E-state index contributed by atoms with van der Waals surface area (Å²) in [5.74, 6) is 0. The molecule has 0 aromatic rings. The molecule has 0 aliphatic heterocycles. The molecule has 0 fully saturated rings. The Balaban J connectivity index is 6.16. The van der Waals surface area contributed by atoms with Crippen molar-refractivity contribution >= 4 is 22.8 Å². The summed E-state index contributed by atoms with van der Waals surface area (Å²) in [6.07, 6.45) is -1.19. The lowest BCUT2D eigenvalue weighted by Gasteiger charge is -2.34. The van der Waals surface area contributed by atoms with Crippen molar-refractivity contribution in [3.8, 4) is 0 Å². The molecule has 0 heterocycles. The molecule has 9 nitrogen and oxygen atoms in total. The summed E-state index contributed by atoms with van der Waals surface area (Å²) in [4.78, 5) is 53.1. The Morgan fingerprint density at radius 2 is 1.06 bits per heavy atom. The van der Waals surface area contributed by atoms with E-state index in [4.69, 9.17) is 29.4 Å². The minimum Gasteiger partial charge on any atom is -0.323 e. The van der Waals surface area contributed by atoms with E-state index < -0.39 is 33.8 Å². The Bertz CT molecular complexity index is 328. The first kappa shape index (κ1) is 16.4. The molecule has 0 aromatic heterocycles. The maximum atomic E-state index is 11.0. The molecule has 0 spiro atoms. The van der Waals surface area contributed by atoms with Gasteiger partial charge in [-0.3, -0.25) is 13.7 Å². The predicted octanol–water partition coefficient (Wildman–Crippen LogP) is -0.0266. The SMILES string of the molecule is CCCC(P(=O)(O)O)(P(=O)(O)O)P(=O)(O)O. The molecule has 0 rings (SSSR count). The van der Waals surface area contributed by atoms with Gasteiger partial charge in [0, 0.05) is 0 Å². The monoisotopic (exact) mass is 298 g/mol. The second-order valence-corrected chi connectivity index (χ2v) is 9.77. The summed E-state index contributed by atoms with van der Waals surface area (Å²) >= 11 is 0. The zero-order valence-corrected chi connectivity index (χ0v) is 10.8. The molecule has 0 saturated carbocycles. The fraction of sp³-hybridized carbons (Fsp3) is 1.00. The molecule has 0 aliphatic carbocycles. The van der Waals surface area contributed by atoms with Gasteiger partial charge < -0.3 is 29.4 Å². The zero-order chi connectivity index (χ0) is 13.4. The van der Waals surface area contributed by atoms with E-state index >= 15 is 0 Å². The van der Waals surface area contributed by atoms with Crippen LogP contribution in [-0.2, 0) is 13.7 Å². The van der Waals surface area contributed by atoms with Gasteiger partial charge in [-0.15, -0.1) is 0 Å². The standard InChI is InChI=1S/C4H13O9P3/c1-2-3-4(14(5,6)7,15(8,9)10)16(11,12)13/h2-3H2,1H3,(H2,5,6,7)(H2,8,9,10)(H2,11,12,13). The minimum absolute atomic E-state index is 0.207. The van der Waals surface area contributed by atoms with E-state index in [-0.39, 0.29) is 6.42 Å². The smallest absolute Gasteiger partial charge is 0.323 e. The largest absolute Gasteiger partial charge is 0.356 e. The Labute approximate surface area is 91.0 Å². The topological polar surface area (TPSA) is 173 Å². The molecule has 6 N–H and O–H groups in total. The summed E-state index contributed by atoms with van der Waals surface area (Å²) in [7, 11) is -17.1. The van der Waals surface area contributed by atoms with Gasteiger partial charge in [-0.05, 0) is 6.42 Å². The first-order valence-corrected chi connectivity index (χ1v) is 8.82. The molecular weight excluding hydrogens is 285 g/mol. The van der Waals surface area contributed by atoms with Crippen LogP contribution >= 0.6 is 22.8 Å². The van der Waals surface area contributed by atoms with Crippen LogP contribution in [0.3, 0.4) is 0 Å². The molecule has 0 atom stereocenters. The molecule has 0 saturated heterocycles. The Hall–Kier alpha value is 0.450. The van der Waals surface area contributed by atoms with Gasteiger partial charge >= 0.3 is 22.8 Å². The second-order valence-electron chi connectivity index (χ2n) is 3.16. The van der Waals surface area contributed by atoms with E-state index in [1.54, 1.807) is 0 Å². The Kier molecular flexibility index (Phi) is 4.74. The Morgan fingerprint density at radius 3 is 1.12 bits per heavy atom. The first-order chi connectivity index (χ1) is 6.81. The lowest BCUT2D eigenvalue weighted by atomic mass is 10.4. The van der Waals surface area contributed by atoms with E-state index in [9.17, 15) is 13.7 Å². The van der Waals surface area contributed by atoms with Crippen molar-refractivity contribution in [2.75, 3.05) is 0 Å². The van der Waals surface area contributed by atoms with Crippen LogP contribution in [0.15, 0.2) is 0 Å². The average Bonchev–Trinajstić information content (AvgIpc) is 1.91. The molecular formula is C4H13O9P3.